The molecule has 22 heavy (non-hydrogen) atoms. The lowest BCUT2D eigenvalue weighted by molar-refractivity contribution is -0.117. The van der Waals surface area contributed by atoms with Crippen molar-refractivity contribution in [3.63, 3.8) is 0 Å². The number of rotatable bonds is 6. The number of amides is 3. The van der Waals surface area contributed by atoms with Gasteiger partial charge in [-0.15, -0.1) is 16.8 Å². The number of carbonyl (C=O) groups excluding carboxylic acids is 2. The van der Waals surface area contributed by atoms with Crippen LogP contribution in [0.3, 0.4) is 0 Å². The van der Waals surface area contributed by atoms with Gasteiger partial charge in [-0.3, -0.25) is 10.1 Å². The predicted molar refractivity (Wildman–Crippen MR) is 84.5 cm³/mol. The molecule has 114 valence electrons. The summed E-state index contributed by atoms with van der Waals surface area (Å²) in [6.45, 7) is 4.19. The Hall–Kier alpha value is -2.61. The highest BCUT2D eigenvalue weighted by Gasteiger charge is 2.11. The molecule has 0 unspecified atom stereocenters. The van der Waals surface area contributed by atoms with E-state index in [1.807, 2.05) is 6.07 Å². The van der Waals surface area contributed by atoms with E-state index in [0.29, 0.717) is 17.4 Å². The zero-order valence-electron chi connectivity index (χ0n) is 11.7. The molecule has 0 radical (unpaired) electrons. The summed E-state index contributed by atoms with van der Waals surface area (Å²) >= 11 is 1.20. The van der Waals surface area contributed by atoms with Crippen molar-refractivity contribution in [2.45, 2.75) is 11.7 Å². The van der Waals surface area contributed by atoms with Gasteiger partial charge in [0.15, 0.2) is 5.16 Å². The first-order valence-corrected chi connectivity index (χ1v) is 7.45. The fourth-order valence-electron chi connectivity index (χ4n) is 1.60. The summed E-state index contributed by atoms with van der Waals surface area (Å²) in [6, 6.07) is 8.32. The zero-order valence-corrected chi connectivity index (χ0v) is 12.5. The van der Waals surface area contributed by atoms with Crippen LogP contribution in [0.1, 0.15) is 0 Å². The van der Waals surface area contributed by atoms with Crippen LogP contribution in [0.4, 0.5) is 10.5 Å². The number of urea groups is 1. The van der Waals surface area contributed by atoms with Crippen LogP contribution in [0.15, 0.2) is 54.5 Å². The number of para-hydroxylation sites is 1. The molecular weight excluding hydrogens is 302 g/mol. The summed E-state index contributed by atoms with van der Waals surface area (Å²) in [4.78, 5) is 23.4. The second kappa shape index (κ2) is 7.99. The van der Waals surface area contributed by atoms with Crippen LogP contribution in [0.25, 0.3) is 0 Å². The highest BCUT2D eigenvalue weighted by molar-refractivity contribution is 7.99. The lowest BCUT2D eigenvalue weighted by Gasteiger charge is -2.06. The van der Waals surface area contributed by atoms with Gasteiger partial charge in [-0.05, 0) is 12.1 Å². The average molecular weight is 317 g/mol. The van der Waals surface area contributed by atoms with Gasteiger partial charge in [0.2, 0.25) is 5.91 Å². The fraction of sp³-hybridized carbons (Fsp3) is 0.143. The zero-order chi connectivity index (χ0) is 15.8. The monoisotopic (exact) mass is 317 g/mol. The van der Waals surface area contributed by atoms with Gasteiger partial charge in [0.25, 0.3) is 0 Å². The van der Waals surface area contributed by atoms with E-state index in [1.165, 1.54) is 11.8 Å². The second-order valence-electron chi connectivity index (χ2n) is 4.21. The minimum Gasteiger partial charge on any atom is -0.308 e. The molecule has 1 aromatic carbocycles. The first-order chi connectivity index (χ1) is 10.7. The summed E-state index contributed by atoms with van der Waals surface area (Å²) in [7, 11) is 0. The molecule has 0 spiro atoms. The predicted octanol–water partition coefficient (Wildman–Crippen LogP) is 1.90. The van der Waals surface area contributed by atoms with Crippen LogP contribution in [0, 0.1) is 0 Å². The normalized spacial score (nSPS) is 10.0. The van der Waals surface area contributed by atoms with E-state index in [9.17, 15) is 9.59 Å². The van der Waals surface area contributed by atoms with Gasteiger partial charge >= 0.3 is 6.03 Å². The number of imide groups is 1. The molecule has 7 nitrogen and oxygen atoms in total. The van der Waals surface area contributed by atoms with Crippen LogP contribution in [0.2, 0.25) is 0 Å². The Bertz CT molecular complexity index is 656. The first kappa shape index (κ1) is 15.8. The van der Waals surface area contributed by atoms with Gasteiger partial charge in [-0.1, -0.05) is 36.0 Å². The third-order valence-corrected chi connectivity index (χ3v) is 3.50. The number of carbonyl (C=O) groups is 2. The molecule has 2 aromatic rings. The molecule has 1 aromatic heterocycles. The largest absolute Gasteiger partial charge is 0.325 e. The molecule has 0 atom stereocenters. The molecule has 8 heteroatoms. The van der Waals surface area contributed by atoms with Crippen LogP contribution >= 0.6 is 11.8 Å². The molecule has 0 aliphatic heterocycles. The summed E-state index contributed by atoms with van der Waals surface area (Å²) in [5, 5.41) is 13.1. The van der Waals surface area contributed by atoms with E-state index in [-0.39, 0.29) is 5.75 Å². The topological polar surface area (TPSA) is 88.9 Å². The van der Waals surface area contributed by atoms with E-state index in [1.54, 1.807) is 41.2 Å². The number of aromatic nitrogens is 3. The number of nitrogens with one attached hydrogen (secondary N) is 2. The van der Waals surface area contributed by atoms with Crippen molar-refractivity contribution in [3.05, 3.63) is 49.3 Å². The Kier molecular flexibility index (Phi) is 5.73. The molecule has 3 amide bonds. The Balaban J connectivity index is 1.79. The first-order valence-electron chi connectivity index (χ1n) is 6.46. The minimum atomic E-state index is -0.565. The quantitative estimate of drug-likeness (QED) is 0.627. The minimum absolute atomic E-state index is 0.0675. The Morgan fingerprint density at radius 3 is 2.82 bits per heavy atom. The van der Waals surface area contributed by atoms with Crippen molar-refractivity contribution in [3.8, 4) is 0 Å². The van der Waals surface area contributed by atoms with Crippen molar-refractivity contribution in [2.75, 3.05) is 11.1 Å². The smallest absolute Gasteiger partial charge is 0.308 e. The number of hydrogen-bond donors (Lipinski definition) is 2. The van der Waals surface area contributed by atoms with E-state index < -0.39 is 11.9 Å². The molecule has 2 N–H and O–H groups in total. The fourth-order valence-corrected chi connectivity index (χ4v) is 2.32. The summed E-state index contributed by atoms with van der Waals surface area (Å²) in [5.41, 5.74) is 0.617. The summed E-state index contributed by atoms with van der Waals surface area (Å²) in [5.74, 6) is -0.343. The van der Waals surface area contributed by atoms with Crippen molar-refractivity contribution in [2.24, 2.45) is 0 Å². The third kappa shape index (κ3) is 4.74. The van der Waals surface area contributed by atoms with Crippen LogP contribution in [-0.4, -0.2) is 32.5 Å². The summed E-state index contributed by atoms with van der Waals surface area (Å²) < 4.78 is 1.76. The Morgan fingerprint density at radius 1 is 1.32 bits per heavy atom. The van der Waals surface area contributed by atoms with E-state index in [4.69, 9.17) is 0 Å². The van der Waals surface area contributed by atoms with Crippen molar-refractivity contribution in [1.82, 2.24) is 20.1 Å². The van der Waals surface area contributed by atoms with Gasteiger partial charge in [0.05, 0.1) is 5.75 Å². The SMILES string of the molecule is C=CCn1cnnc1SCC(=O)NC(=O)Nc1ccccc1. The molecule has 2 rings (SSSR count). The molecule has 0 bridgehead atoms. The molecule has 1 heterocycles. The maximum absolute atomic E-state index is 11.7. The van der Waals surface area contributed by atoms with Gasteiger partial charge in [0.1, 0.15) is 6.33 Å². The van der Waals surface area contributed by atoms with Crippen LogP contribution < -0.4 is 10.6 Å². The van der Waals surface area contributed by atoms with Gasteiger partial charge < -0.3 is 9.88 Å². The van der Waals surface area contributed by atoms with Crippen molar-refractivity contribution < 1.29 is 9.59 Å². The number of hydrogen-bond acceptors (Lipinski definition) is 5. The molecule has 0 saturated heterocycles. The molecule has 0 saturated carbocycles. The number of thioether (sulfide) groups is 1. The lowest BCUT2D eigenvalue weighted by atomic mass is 10.3. The molecular formula is C14H15N5O2S. The highest BCUT2D eigenvalue weighted by atomic mass is 32.2. The third-order valence-electron chi connectivity index (χ3n) is 2.52. The Labute approximate surface area is 131 Å². The molecule has 0 aliphatic rings. The molecule has 0 aliphatic carbocycles. The van der Waals surface area contributed by atoms with Crippen LogP contribution in [0.5, 0.6) is 0 Å². The van der Waals surface area contributed by atoms with Crippen LogP contribution in [-0.2, 0) is 11.3 Å². The standard InChI is InChI=1S/C14H15N5O2S/c1-2-8-19-10-15-18-14(19)22-9-12(20)17-13(21)16-11-6-4-3-5-7-11/h2-7,10H,1,8-9H2,(H2,16,17,20,21). The van der Waals surface area contributed by atoms with E-state index >= 15 is 0 Å². The highest BCUT2D eigenvalue weighted by Crippen LogP contribution is 2.14. The number of allylic oxidation sites excluding steroid dienone is 1. The number of benzene rings is 1. The average Bonchev–Trinajstić information content (AvgIpc) is 2.94. The van der Waals surface area contributed by atoms with Crippen molar-refractivity contribution >= 4 is 29.4 Å². The van der Waals surface area contributed by atoms with E-state index in [2.05, 4.69) is 27.4 Å². The van der Waals surface area contributed by atoms with Crippen molar-refractivity contribution in [1.29, 1.82) is 0 Å². The summed E-state index contributed by atoms with van der Waals surface area (Å²) in [6.07, 6.45) is 3.27. The number of nitrogens with zero attached hydrogens (tertiary/aromatic N) is 3. The van der Waals surface area contributed by atoms with Gasteiger partial charge in [-0.2, -0.15) is 0 Å². The second-order valence-corrected chi connectivity index (χ2v) is 5.15. The maximum atomic E-state index is 11.7. The van der Waals surface area contributed by atoms with E-state index in [0.717, 1.165) is 0 Å². The van der Waals surface area contributed by atoms with Gasteiger partial charge in [-0.25, -0.2) is 4.79 Å². The lowest BCUT2D eigenvalue weighted by Crippen LogP contribution is -2.35. The number of anilines is 1. The Morgan fingerprint density at radius 2 is 2.09 bits per heavy atom. The van der Waals surface area contributed by atoms with Gasteiger partial charge in [0, 0.05) is 12.2 Å². The molecule has 0 fully saturated rings. The maximum Gasteiger partial charge on any atom is 0.325 e.